The van der Waals surface area contributed by atoms with Gasteiger partial charge in [-0.05, 0) is 19.8 Å². The molecule has 0 radical (unpaired) electrons. The van der Waals surface area contributed by atoms with E-state index < -0.39 is 5.41 Å². The first-order chi connectivity index (χ1) is 5.48. The molecule has 0 saturated heterocycles. The summed E-state index contributed by atoms with van der Waals surface area (Å²) in [4.78, 5) is 4.95. The molecule has 0 spiro atoms. The Morgan fingerprint density at radius 2 is 2.17 bits per heavy atom. The maximum atomic E-state index is 8.61. The zero-order valence-corrected chi connectivity index (χ0v) is 8.16. The van der Waals surface area contributed by atoms with Crippen LogP contribution in [0.2, 0.25) is 0 Å². The second kappa shape index (κ2) is 4.76. The molecule has 0 N–H and O–H groups in total. The zero-order chi connectivity index (χ0) is 9.61. The molecule has 12 heavy (non-hydrogen) atoms. The Morgan fingerprint density at radius 3 is 2.58 bits per heavy atom. The first kappa shape index (κ1) is 11.0. The number of rotatable bonds is 4. The van der Waals surface area contributed by atoms with E-state index in [0.29, 0.717) is 12.5 Å². The number of hydrogen-bond acceptors (Lipinski definition) is 3. The summed E-state index contributed by atoms with van der Waals surface area (Å²) in [6.07, 6.45) is 1.52. The van der Waals surface area contributed by atoms with E-state index in [9.17, 15) is 0 Å². The van der Waals surface area contributed by atoms with Crippen molar-refractivity contribution in [3.8, 4) is 6.07 Å². The average molecular weight is 168 g/mol. The lowest BCUT2D eigenvalue weighted by Gasteiger charge is -2.07. The predicted molar refractivity (Wildman–Crippen MR) is 48.7 cm³/mol. The molecule has 0 unspecified atom stereocenters. The molecule has 0 atom stereocenters. The number of nitriles is 1. The van der Waals surface area contributed by atoms with Crippen LogP contribution in [0.4, 0.5) is 0 Å². The highest BCUT2D eigenvalue weighted by Gasteiger charge is 2.12. The third-order valence-electron chi connectivity index (χ3n) is 1.15. The van der Waals surface area contributed by atoms with Gasteiger partial charge in [-0.15, -0.1) is 0 Å². The summed E-state index contributed by atoms with van der Waals surface area (Å²) in [6.45, 7) is 8.26. The van der Waals surface area contributed by atoms with Crippen LogP contribution in [0, 0.1) is 22.7 Å². The fraction of sp³-hybridized carbons (Fsp3) is 0.778. The minimum absolute atomic E-state index is 0.465. The van der Waals surface area contributed by atoms with Crippen LogP contribution in [0.5, 0.6) is 0 Å². The Morgan fingerprint density at radius 1 is 1.58 bits per heavy atom. The molecule has 0 bridgehead atoms. The summed E-state index contributed by atoms with van der Waals surface area (Å²) < 4.78 is 0. The van der Waals surface area contributed by atoms with Crippen molar-refractivity contribution in [2.24, 2.45) is 16.5 Å². The van der Waals surface area contributed by atoms with E-state index >= 15 is 0 Å². The SMILES string of the molecule is CC(C)CO/N=C/C(C)(C)C#N. The Bertz CT molecular complexity index is 189. The van der Waals surface area contributed by atoms with Gasteiger partial charge in [0.05, 0.1) is 17.7 Å². The second-order valence-corrected chi connectivity index (χ2v) is 3.76. The molecule has 0 rings (SSSR count). The second-order valence-electron chi connectivity index (χ2n) is 3.76. The van der Waals surface area contributed by atoms with Gasteiger partial charge >= 0.3 is 0 Å². The van der Waals surface area contributed by atoms with Gasteiger partial charge in [0.2, 0.25) is 0 Å². The molecule has 3 heteroatoms. The molecule has 68 valence electrons. The van der Waals surface area contributed by atoms with E-state index in [-0.39, 0.29) is 0 Å². The van der Waals surface area contributed by atoms with Gasteiger partial charge in [-0.2, -0.15) is 5.26 Å². The fourth-order valence-corrected chi connectivity index (χ4v) is 0.390. The van der Waals surface area contributed by atoms with E-state index in [1.54, 1.807) is 13.8 Å². The van der Waals surface area contributed by atoms with Crippen molar-refractivity contribution < 1.29 is 4.84 Å². The van der Waals surface area contributed by atoms with Gasteiger partial charge in [-0.25, -0.2) is 0 Å². The summed E-state index contributed by atoms with van der Waals surface area (Å²) in [6, 6.07) is 2.10. The summed E-state index contributed by atoms with van der Waals surface area (Å²) in [5.74, 6) is 0.465. The minimum Gasteiger partial charge on any atom is -0.396 e. The molecule has 0 aliphatic rings. The fourth-order valence-electron chi connectivity index (χ4n) is 0.390. The first-order valence-corrected chi connectivity index (χ1v) is 4.05. The quantitative estimate of drug-likeness (QED) is 0.477. The van der Waals surface area contributed by atoms with Crippen molar-refractivity contribution in [3.05, 3.63) is 0 Å². The molecule has 0 aliphatic heterocycles. The highest BCUT2D eigenvalue weighted by molar-refractivity contribution is 5.67. The molecule has 0 aromatic heterocycles. The van der Waals surface area contributed by atoms with Crippen molar-refractivity contribution in [1.82, 2.24) is 0 Å². The van der Waals surface area contributed by atoms with Crippen LogP contribution < -0.4 is 0 Å². The van der Waals surface area contributed by atoms with Crippen LogP contribution in [-0.4, -0.2) is 12.8 Å². The molecule has 0 aromatic carbocycles. The van der Waals surface area contributed by atoms with Crippen LogP contribution in [0.25, 0.3) is 0 Å². The molecule has 0 amide bonds. The minimum atomic E-state index is -0.531. The Kier molecular flexibility index (Phi) is 4.35. The van der Waals surface area contributed by atoms with Crippen LogP contribution in [-0.2, 0) is 4.84 Å². The average Bonchev–Trinajstić information content (AvgIpc) is 1.98. The topological polar surface area (TPSA) is 45.4 Å². The summed E-state index contributed by atoms with van der Waals surface area (Å²) >= 11 is 0. The van der Waals surface area contributed by atoms with Crippen molar-refractivity contribution in [2.75, 3.05) is 6.61 Å². The molecule has 0 aromatic rings. The first-order valence-electron chi connectivity index (χ1n) is 4.05. The van der Waals surface area contributed by atoms with Gasteiger partial charge in [-0.3, -0.25) is 0 Å². The molecule has 0 saturated carbocycles. The van der Waals surface area contributed by atoms with Crippen LogP contribution >= 0.6 is 0 Å². The Labute approximate surface area is 74.0 Å². The highest BCUT2D eigenvalue weighted by Crippen LogP contribution is 2.08. The van der Waals surface area contributed by atoms with E-state index in [1.165, 1.54) is 6.21 Å². The van der Waals surface area contributed by atoms with E-state index in [4.69, 9.17) is 10.1 Å². The summed E-state index contributed by atoms with van der Waals surface area (Å²) in [5, 5.41) is 12.3. The molecular weight excluding hydrogens is 152 g/mol. The zero-order valence-electron chi connectivity index (χ0n) is 8.16. The lowest BCUT2D eigenvalue weighted by molar-refractivity contribution is 0.118. The summed E-state index contributed by atoms with van der Waals surface area (Å²) in [7, 11) is 0. The number of nitrogens with zero attached hydrogens (tertiary/aromatic N) is 2. The lowest BCUT2D eigenvalue weighted by Crippen LogP contribution is -2.10. The molecule has 0 aliphatic carbocycles. The van der Waals surface area contributed by atoms with Gasteiger partial charge in [0.15, 0.2) is 0 Å². The van der Waals surface area contributed by atoms with Gasteiger partial charge in [0.25, 0.3) is 0 Å². The standard InChI is InChI=1S/C9H16N2O/c1-8(2)5-12-11-7-9(3,4)6-10/h7-8H,5H2,1-4H3/b11-7+. The van der Waals surface area contributed by atoms with Gasteiger partial charge in [0, 0.05) is 0 Å². The lowest BCUT2D eigenvalue weighted by atomic mass is 9.98. The van der Waals surface area contributed by atoms with Crippen molar-refractivity contribution in [2.45, 2.75) is 27.7 Å². The van der Waals surface area contributed by atoms with E-state index in [2.05, 4.69) is 11.2 Å². The summed E-state index contributed by atoms with van der Waals surface area (Å²) in [5.41, 5.74) is -0.531. The Hall–Kier alpha value is -1.04. The van der Waals surface area contributed by atoms with E-state index in [1.807, 2.05) is 13.8 Å². The molecule has 3 nitrogen and oxygen atoms in total. The molecule has 0 heterocycles. The van der Waals surface area contributed by atoms with Crippen molar-refractivity contribution >= 4 is 6.21 Å². The maximum Gasteiger partial charge on any atom is 0.119 e. The maximum absolute atomic E-state index is 8.61. The van der Waals surface area contributed by atoms with Crippen LogP contribution in [0.3, 0.4) is 0 Å². The molecular formula is C9H16N2O. The monoisotopic (exact) mass is 168 g/mol. The highest BCUT2D eigenvalue weighted by atomic mass is 16.6. The number of oxime groups is 1. The largest absolute Gasteiger partial charge is 0.396 e. The predicted octanol–water partition coefficient (Wildman–Crippen LogP) is 2.19. The number of hydrogen-bond donors (Lipinski definition) is 0. The third kappa shape index (κ3) is 5.72. The normalized spacial score (nSPS) is 12.0. The van der Waals surface area contributed by atoms with E-state index in [0.717, 1.165) is 0 Å². The van der Waals surface area contributed by atoms with Gasteiger partial charge in [0.1, 0.15) is 6.61 Å². The van der Waals surface area contributed by atoms with Crippen molar-refractivity contribution in [3.63, 3.8) is 0 Å². The van der Waals surface area contributed by atoms with Gasteiger partial charge < -0.3 is 4.84 Å². The smallest absolute Gasteiger partial charge is 0.119 e. The third-order valence-corrected chi connectivity index (χ3v) is 1.15. The van der Waals surface area contributed by atoms with Crippen molar-refractivity contribution in [1.29, 1.82) is 5.26 Å². The van der Waals surface area contributed by atoms with Crippen LogP contribution in [0.15, 0.2) is 5.16 Å². The molecule has 0 fully saturated rings. The van der Waals surface area contributed by atoms with Crippen LogP contribution in [0.1, 0.15) is 27.7 Å². The van der Waals surface area contributed by atoms with Gasteiger partial charge in [-0.1, -0.05) is 19.0 Å². The Balaban J connectivity index is 3.71.